The summed E-state index contributed by atoms with van der Waals surface area (Å²) in [4.78, 5) is 8.56. The minimum absolute atomic E-state index is 0.307. The Morgan fingerprint density at radius 1 is 1.05 bits per heavy atom. The topological polar surface area (TPSA) is 37.8 Å². The number of benzene rings is 1. The summed E-state index contributed by atoms with van der Waals surface area (Å²) in [6.45, 7) is 0. The van der Waals surface area contributed by atoms with Crippen LogP contribution in [-0.2, 0) is 12.8 Å². The van der Waals surface area contributed by atoms with Gasteiger partial charge in [-0.3, -0.25) is 0 Å². The Morgan fingerprint density at radius 3 is 2.65 bits per heavy atom. The fourth-order valence-electron chi connectivity index (χ4n) is 2.31. The van der Waals surface area contributed by atoms with Crippen molar-refractivity contribution in [3.05, 3.63) is 46.2 Å². The van der Waals surface area contributed by atoms with Crippen LogP contribution in [0.5, 0.6) is 0 Å². The summed E-state index contributed by atoms with van der Waals surface area (Å²) in [7, 11) is 0. The normalized spacial score (nSPS) is 13.9. The molecule has 0 saturated carbocycles. The van der Waals surface area contributed by atoms with Crippen molar-refractivity contribution in [1.29, 1.82) is 0 Å². The van der Waals surface area contributed by atoms with Crippen molar-refractivity contribution in [3.8, 4) is 0 Å². The lowest BCUT2D eigenvalue weighted by Crippen LogP contribution is -2.10. The molecule has 0 spiro atoms. The molecule has 20 heavy (non-hydrogen) atoms. The van der Waals surface area contributed by atoms with Crippen LogP contribution in [0.25, 0.3) is 0 Å². The molecular formula is C14H12ClF2N3. The van der Waals surface area contributed by atoms with E-state index in [-0.39, 0.29) is 0 Å². The fraction of sp³-hybridized carbons (Fsp3) is 0.286. The predicted molar refractivity (Wildman–Crippen MR) is 73.3 cm³/mol. The average molecular weight is 296 g/mol. The Balaban J connectivity index is 1.90. The molecule has 0 atom stereocenters. The first-order chi connectivity index (χ1) is 9.63. The zero-order valence-corrected chi connectivity index (χ0v) is 11.3. The van der Waals surface area contributed by atoms with Gasteiger partial charge in [-0.15, -0.1) is 0 Å². The average Bonchev–Trinajstić information content (AvgIpc) is 2.43. The van der Waals surface area contributed by atoms with E-state index in [0.29, 0.717) is 16.8 Å². The van der Waals surface area contributed by atoms with Crippen LogP contribution in [-0.4, -0.2) is 9.97 Å². The predicted octanol–water partition coefficient (Wildman–Crippen LogP) is 4.03. The molecule has 0 bridgehead atoms. The molecule has 6 heteroatoms. The molecule has 0 fully saturated rings. The Bertz CT molecular complexity index is 661. The van der Waals surface area contributed by atoms with Gasteiger partial charge in [0, 0.05) is 17.3 Å². The van der Waals surface area contributed by atoms with Crippen LogP contribution >= 0.6 is 11.6 Å². The lowest BCUT2D eigenvalue weighted by molar-refractivity contribution is 0.509. The number of aryl methyl sites for hydroxylation is 1. The molecule has 3 nitrogen and oxygen atoms in total. The highest BCUT2D eigenvalue weighted by Crippen LogP contribution is 2.27. The molecule has 1 heterocycles. The summed E-state index contributed by atoms with van der Waals surface area (Å²) in [5, 5.41) is 3.28. The van der Waals surface area contributed by atoms with Gasteiger partial charge in [0.05, 0.1) is 5.69 Å². The number of nitrogens with zero attached hydrogens (tertiary/aromatic N) is 2. The largest absolute Gasteiger partial charge is 0.324 e. The van der Waals surface area contributed by atoms with Crippen LogP contribution in [0.15, 0.2) is 18.2 Å². The molecule has 1 aromatic heterocycles. The van der Waals surface area contributed by atoms with Crippen molar-refractivity contribution < 1.29 is 8.78 Å². The Labute approximate surface area is 120 Å². The maximum Gasteiger partial charge on any atom is 0.228 e. The van der Waals surface area contributed by atoms with Crippen molar-refractivity contribution in [2.45, 2.75) is 25.7 Å². The van der Waals surface area contributed by atoms with Gasteiger partial charge in [0.2, 0.25) is 5.95 Å². The Hall–Kier alpha value is -1.75. The van der Waals surface area contributed by atoms with E-state index in [9.17, 15) is 8.78 Å². The quantitative estimate of drug-likeness (QED) is 0.850. The Kier molecular flexibility index (Phi) is 3.53. The molecule has 0 aliphatic heterocycles. The first kappa shape index (κ1) is 13.2. The second kappa shape index (κ2) is 5.32. The third kappa shape index (κ3) is 2.58. The molecule has 0 amide bonds. The molecular weight excluding hydrogens is 284 g/mol. The van der Waals surface area contributed by atoms with Crippen LogP contribution in [0.4, 0.5) is 20.4 Å². The SMILES string of the molecule is Fc1ccc(Nc2nc(Cl)c3c(n2)CCCC3)cc1F. The number of fused-ring (bicyclic) bond motifs is 1. The summed E-state index contributed by atoms with van der Waals surface area (Å²) < 4.78 is 26.0. The second-order valence-electron chi connectivity index (χ2n) is 4.72. The minimum atomic E-state index is -0.918. The monoisotopic (exact) mass is 295 g/mol. The van der Waals surface area contributed by atoms with Crippen LogP contribution in [0.1, 0.15) is 24.1 Å². The van der Waals surface area contributed by atoms with Crippen molar-refractivity contribution in [3.63, 3.8) is 0 Å². The summed E-state index contributed by atoms with van der Waals surface area (Å²) in [5.41, 5.74) is 2.31. The molecule has 1 N–H and O–H groups in total. The lowest BCUT2D eigenvalue weighted by atomic mass is 9.97. The van der Waals surface area contributed by atoms with E-state index in [2.05, 4.69) is 15.3 Å². The number of halogens is 3. The highest BCUT2D eigenvalue weighted by atomic mass is 35.5. The van der Waals surface area contributed by atoms with E-state index < -0.39 is 11.6 Å². The highest BCUT2D eigenvalue weighted by Gasteiger charge is 2.16. The molecule has 3 rings (SSSR count). The standard InChI is InChI=1S/C14H12ClF2N3/c15-13-9-3-1-2-4-12(9)19-14(20-13)18-8-5-6-10(16)11(17)7-8/h5-7H,1-4H2,(H,18,19,20). The molecule has 104 valence electrons. The van der Waals surface area contributed by atoms with Gasteiger partial charge < -0.3 is 5.32 Å². The van der Waals surface area contributed by atoms with Crippen LogP contribution < -0.4 is 5.32 Å². The molecule has 1 aliphatic carbocycles. The molecule has 1 aliphatic rings. The van der Waals surface area contributed by atoms with Crippen molar-refractivity contribution in [2.24, 2.45) is 0 Å². The van der Waals surface area contributed by atoms with Gasteiger partial charge in [-0.25, -0.2) is 18.7 Å². The maximum absolute atomic E-state index is 13.2. The van der Waals surface area contributed by atoms with E-state index in [1.54, 1.807) is 0 Å². The van der Waals surface area contributed by atoms with Gasteiger partial charge in [0.1, 0.15) is 5.15 Å². The Morgan fingerprint density at radius 2 is 1.85 bits per heavy atom. The first-order valence-corrected chi connectivity index (χ1v) is 6.78. The molecule has 2 aromatic rings. The number of hydrogen-bond acceptors (Lipinski definition) is 3. The van der Waals surface area contributed by atoms with E-state index in [1.807, 2.05) is 0 Å². The smallest absolute Gasteiger partial charge is 0.228 e. The van der Waals surface area contributed by atoms with Crippen LogP contribution in [0.2, 0.25) is 5.15 Å². The summed E-state index contributed by atoms with van der Waals surface area (Å²) in [5.74, 6) is -1.50. The first-order valence-electron chi connectivity index (χ1n) is 6.41. The second-order valence-corrected chi connectivity index (χ2v) is 5.08. The number of hydrogen-bond donors (Lipinski definition) is 1. The van der Waals surface area contributed by atoms with Crippen LogP contribution in [0.3, 0.4) is 0 Å². The third-order valence-electron chi connectivity index (χ3n) is 3.31. The molecule has 0 radical (unpaired) electrons. The van der Waals surface area contributed by atoms with Crippen molar-refractivity contribution in [2.75, 3.05) is 5.32 Å². The van der Waals surface area contributed by atoms with Gasteiger partial charge in [-0.1, -0.05) is 11.6 Å². The van der Waals surface area contributed by atoms with E-state index in [0.717, 1.165) is 49.1 Å². The van der Waals surface area contributed by atoms with Crippen molar-refractivity contribution in [1.82, 2.24) is 9.97 Å². The van der Waals surface area contributed by atoms with Gasteiger partial charge in [-0.2, -0.15) is 0 Å². The van der Waals surface area contributed by atoms with Gasteiger partial charge in [0.15, 0.2) is 11.6 Å². The molecule has 1 aromatic carbocycles. The van der Waals surface area contributed by atoms with Gasteiger partial charge in [0.25, 0.3) is 0 Å². The van der Waals surface area contributed by atoms with Crippen molar-refractivity contribution >= 4 is 23.2 Å². The summed E-state index contributed by atoms with van der Waals surface area (Å²) in [6, 6.07) is 3.54. The highest BCUT2D eigenvalue weighted by molar-refractivity contribution is 6.30. The van der Waals surface area contributed by atoms with E-state index in [1.165, 1.54) is 6.07 Å². The summed E-state index contributed by atoms with van der Waals surface area (Å²) >= 11 is 6.14. The van der Waals surface area contributed by atoms with Crippen LogP contribution in [0, 0.1) is 11.6 Å². The zero-order valence-electron chi connectivity index (χ0n) is 10.6. The van der Waals surface area contributed by atoms with Gasteiger partial charge >= 0.3 is 0 Å². The van der Waals surface area contributed by atoms with Gasteiger partial charge in [-0.05, 0) is 37.8 Å². The number of nitrogens with one attached hydrogen (secondary N) is 1. The number of anilines is 2. The van der Waals surface area contributed by atoms with E-state index >= 15 is 0 Å². The summed E-state index contributed by atoms with van der Waals surface area (Å²) in [6.07, 6.45) is 3.92. The molecule has 0 saturated heterocycles. The zero-order chi connectivity index (χ0) is 14.1. The third-order valence-corrected chi connectivity index (χ3v) is 3.62. The maximum atomic E-state index is 13.2. The fourth-order valence-corrected chi connectivity index (χ4v) is 2.59. The number of rotatable bonds is 2. The number of aromatic nitrogens is 2. The molecule has 0 unspecified atom stereocenters. The lowest BCUT2D eigenvalue weighted by Gasteiger charge is -2.16. The minimum Gasteiger partial charge on any atom is -0.324 e. The van der Waals surface area contributed by atoms with E-state index in [4.69, 9.17) is 11.6 Å².